The Labute approximate surface area is 177 Å². The third kappa shape index (κ3) is 4.76. The van der Waals surface area contributed by atoms with E-state index in [9.17, 15) is 18.0 Å². The first-order valence-corrected chi connectivity index (χ1v) is 11.5. The molecule has 0 aliphatic carbocycles. The quantitative estimate of drug-likeness (QED) is 0.609. The molecule has 2 aliphatic rings. The summed E-state index contributed by atoms with van der Waals surface area (Å²) < 4.78 is 37.1. The van der Waals surface area contributed by atoms with E-state index in [1.807, 2.05) is 4.90 Å². The molecule has 2 fully saturated rings. The molecule has 0 radical (unpaired) electrons. The summed E-state index contributed by atoms with van der Waals surface area (Å²) in [6.07, 6.45) is 0.943. The van der Waals surface area contributed by atoms with Crippen LogP contribution in [0.15, 0.2) is 23.1 Å². The zero-order valence-electron chi connectivity index (χ0n) is 17.7. The number of nitrogens with zero attached hydrogens (tertiary/aromatic N) is 3. The minimum Gasteiger partial charge on any atom is -0.449 e. The lowest BCUT2D eigenvalue weighted by atomic mass is 10.1. The summed E-state index contributed by atoms with van der Waals surface area (Å²) in [6, 6.07) is 4.43. The maximum atomic E-state index is 13.0. The molecule has 10 heteroatoms. The van der Waals surface area contributed by atoms with Gasteiger partial charge < -0.3 is 19.3 Å². The predicted molar refractivity (Wildman–Crippen MR) is 111 cm³/mol. The van der Waals surface area contributed by atoms with Crippen molar-refractivity contribution in [3.63, 3.8) is 0 Å². The number of hydrogen-bond donors (Lipinski definition) is 0. The first-order chi connectivity index (χ1) is 14.2. The summed E-state index contributed by atoms with van der Waals surface area (Å²) in [5.74, 6) is -0.946. The highest BCUT2D eigenvalue weighted by Crippen LogP contribution is 2.27. The Balaban J connectivity index is 1.90. The molecule has 0 N–H and O–H groups in total. The number of likely N-dealkylation sites (tertiary alicyclic amines) is 1. The van der Waals surface area contributed by atoms with Gasteiger partial charge in [-0.15, -0.1) is 0 Å². The van der Waals surface area contributed by atoms with Gasteiger partial charge in [0.2, 0.25) is 10.0 Å². The molecule has 3 rings (SSSR count). The van der Waals surface area contributed by atoms with Gasteiger partial charge in [-0.2, -0.15) is 0 Å². The van der Waals surface area contributed by atoms with Crippen molar-refractivity contribution in [1.29, 1.82) is 0 Å². The molecule has 2 aliphatic heterocycles. The number of hydrogen-bond acceptors (Lipinski definition) is 7. The zero-order chi connectivity index (χ0) is 21.9. The molecule has 2 saturated heterocycles. The van der Waals surface area contributed by atoms with Gasteiger partial charge in [0.15, 0.2) is 6.10 Å². The van der Waals surface area contributed by atoms with Crippen LogP contribution in [0.1, 0.15) is 30.1 Å². The van der Waals surface area contributed by atoms with E-state index in [-0.39, 0.29) is 16.4 Å². The van der Waals surface area contributed by atoms with Gasteiger partial charge in [0.05, 0.1) is 29.4 Å². The molecular formula is C20H29N3O6S. The second kappa shape index (κ2) is 9.32. The topological polar surface area (TPSA) is 96.5 Å². The van der Waals surface area contributed by atoms with Gasteiger partial charge in [-0.05, 0) is 38.0 Å². The van der Waals surface area contributed by atoms with Crippen LogP contribution in [0.4, 0.5) is 5.69 Å². The van der Waals surface area contributed by atoms with Crippen molar-refractivity contribution >= 4 is 27.6 Å². The van der Waals surface area contributed by atoms with Gasteiger partial charge in [-0.1, -0.05) is 0 Å². The van der Waals surface area contributed by atoms with Gasteiger partial charge in [-0.25, -0.2) is 17.5 Å². The largest absolute Gasteiger partial charge is 0.449 e. The molecule has 0 spiro atoms. The molecule has 30 heavy (non-hydrogen) atoms. The highest BCUT2D eigenvalue weighted by Gasteiger charge is 2.29. The third-order valence-electron chi connectivity index (χ3n) is 5.37. The number of anilines is 1. The van der Waals surface area contributed by atoms with E-state index in [2.05, 4.69) is 0 Å². The SMILES string of the molecule is CC(OC(=O)c1cc(S(=O)(=O)N(C)C)ccc1N1CCOCC1)C(=O)N1CCCC1. The molecular weight excluding hydrogens is 410 g/mol. The monoisotopic (exact) mass is 439 g/mol. The Morgan fingerprint density at radius 1 is 1.10 bits per heavy atom. The Morgan fingerprint density at radius 2 is 1.73 bits per heavy atom. The number of carbonyl (C=O) groups excluding carboxylic acids is 2. The molecule has 1 aromatic carbocycles. The summed E-state index contributed by atoms with van der Waals surface area (Å²) >= 11 is 0. The molecule has 9 nitrogen and oxygen atoms in total. The second-order valence-electron chi connectivity index (χ2n) is 7.65. The third-order valence-corrected chi connectivity index (χ3v) is 7.18. The zero-order valence-corrected chi connectivity index (χ0v) is 18.5. The second-order valence-corrected chi connectivity index (χ2v) is 9.80. The minimum absolute atomic E-state index is 0.00465. The predicted octanol–water partition coefficient (Wildman–Crippen LogP) is 0.941. The van der Waals surface area contributed by atoms with Crippen LogP contribution < -0.4 is 4.90 Å². The van der Waals surface area contributed by atoms with Crippen molar-refractivity contribution in [2.75, 3.05) is 58.4 Å². The molecule has 1 aromatic rings. The Kier molecular flexibility index (Phi) is 6.99. The lowest BCUT2D eigenvalue weighted by molar-refractivity contribution is -0.138. The number of morpholine rings is 1. The number of esters is 1. The molecule has 2 heterocycles. The van der Waals surface area contributed by atoms with Crippen molar-refractivity contribution in [3.05, 3.63) is 23.8 Å². The number of carbonyl (C=O) groups is 2. The first-order valence-electron chi connectivity index (χ1n) is 10.1. The van der Waals surface area contributed by atoms with Crippen LogP contribution in [0.2, 0.25) is 0 Å². The van der Waals surface area contributed by atoms with E-state index >= 15 is 0 Å². The molecule has 0 aromatic heterocycles. The average molecular weight is 440 g/mol. The van der Waals surface area contributed by atoms with Crippen molar-refractivity contribution in [2.24, 2.45) is 0 Å². The van der Waals surface area contributed by atoms with Crippen LogP contribution in [-0.4, -0.2) is 89.1 Å². The molecule has 1 amide bonds. The van der Waals surface area contributed by atoms with Crippen molar-refractivity contribution in [2.45, 2.75) is 30.8 Å². The summed E-state index contributed by atoms with van der Waals surface area (Å²) in [6.45, 7) is 5.04. The van der Waals surface area contributed by atoms with Gasteiger partial charge in [-0.3, -0.25) is 4.79 Å². The number of sulfonamides is 1. The highest BCUT2D eigenvalue weighted by molar-refractivity contribution is 7.89. The van der Waals surface area contributed by atoms with Gasteiger partial charge >= 0.3 is 5.97 Å². The lowest BCUT2D eigenvalue weighted by Gasteiger charge is -2.30. The Bertz CT molecular complexity index is 890. The van der Waals surface area contributed by atoms with Crippen molar-refractivity contribution in [3.8, 4) is 0 Å². The Hall–Kier alpha value is -2.17. The number of amides is 1. The maximum absolute atomic E-state index is 13.0. The first kappa shape index (κ1) is 22.5. The van der Waals surface area contributed by atoms with Crippen LogP contribution in [0.25, 0.3) is 0 Å². The van der Waals surface area contributed by atoms with Crippen LogP contribution in [0.5, 0.6) is 0 Å². The highest BCUT2D eigenvalue weighted by atomic mass is 32.2. The number of rotatable bonds is 6. The summed E-state index contributed by atoms with van der Waals surface area (Å²) in [5, 5.41) is 0. The normalized spacial score (nSPS) is 18.5. The lowest BCUT2D eigenvalue weighted by Crippen LogP contribution is -2.39. The van der Waals surface area contributed by atoms with Crippen LogP contribution in [-0.2, 0) is 24.3 Å². The standard InChI is InChI=1S/C20H29N3O6S/c1-15(19(24)23-8-4-5-9-23)29-20(25)17-14-16(30(26,27)21(2)3)6-7-18(17)22-10-12-28-13-11-22/h6-7,14-15H,4-5,8-13H2,1-3H3. The number of ether oxygens (including phenoxy) is 2. The summed E-state index contributed by atoms with van der Waals surface area (Å²) in [7, 11) is -0.870. The van der Waals surface area contributed by atoms with Crippen LogP contribution in [0, 0.1) is 0 Å². The van der Waals surface area contributed by atoms with E-state index in [0.717, 1.165) is 17.1 Å². The van der Waals surface area contributed by atoms with Crippen LogP contribution in [0.3, 0.4) is 0 Å². The molecule has 166 valence electrons. The van der Waals surface area contributed by atoms with Crippen LogP contribution >= 0.6 is 0 Å². The number of benzene rings is 1. The fourth-order valence-corrected chi connectivity index (χ4v) is 4.53. The van der Waals surface area contributed by atoms with Crippen molar-refractivity contribution < 1.29 is 27.5 Å². The van der Waals surface area contributed by atoms with E-state index < -0.39 is 22.1 Å². The fraction of sp³-hybridized carbons (Fsp3) is 0.600. The molecule has 0 saturated carbocycles. The Morgan fingerprint density at radius 3 is 2.33 bits per heavy atom. The van der Waals surface area contributed by atoms with E-state index in [1.165, 1.54) is 26.2 Å². The molecule has 1 unspecified atom stereocenters. The fourth-order valence-electron chi connectivity index (χ4n) is 3.60. The van der Waals surface area contributed by atoms with E-state index in [1.54, 1.807) is 17.9 Å². The van der Waals surface area contributed by atoms with Gasteiger partial charge in [0, 0.05) is 40.3 Å². The van der Waals surface area contributed by atoms with Gasteiger partial charge in [0.25, 0.3) is 5.91 Å². The molecule has 1 atom stereocenters. The maximum Gasteiger partial charge on any atom is 0.341 e. The summed E-state index contributed by atoms with van der Waals surface area (Å²) in [4.78, 5) is 29.2. The summed E-state index contributed by atoms with van der Waals surface area (Å²) in [5.41, 5.74) is 0.697. The van der Waals surface area contributed by atoms with Gasteiger partial charge in [0.1, 0.15) is 0 Å². The molecule has 0 bridgehead atoms. The van der Waals surface area contributed by atoms with E-state index in [4.69, 9.17) is 9.47 Å². The smallest absolute Gasteiger partial charge is 0.341 e. The van der Waals surface area contributed by atoms with E-state index in [0.29, 0.717) is 45.1 Å². The minimum atomic E-state index is -3.73. The average Bonchev–Trinajstić information content (AvgIpc) is 3.28. The van der Waals surface area contributed by atoms with Crippen molar-refractivity contribution in [1.82, 2.24) is 9.21 Å².